The fourth-order valence-corrected chi connectivity index (χ4v) is 5.89. The molecule has 1 aliphatic rings. The third kappa shape index (κ3) is 8.02. The second kappa shape index (κ2) is 12.8. The highest BCUT2D eigenvalue weighted by Gasteiger charge is 2.36. The zero-order chi connectivity index (χ0) is 29.0. The van der Waals surface area contributed by atoms with Gasteiger partial charge in [0.2, 0.25) is 21.8 Å². The van der Waals surface area contributed by atoms with Gasteiger partial charge in [0.1, 0.15) is 12.6 Å². The lowest BCUT2D eigenvalue weighted by atomic mass is 10.1. The maximum absolute atomic E-state index is 13.8. The van der Waals surface area contributed by atoms with Gasteiger partial charge in [-0.1, -0.05) is 61.2 Å². The summed E-state index contributed by atoms with van der Waals surface area (Å²) in [6.07, 6.45) is -0.214. The summed E-state index contributed by atoms with van der Waals surface area (Å²) in [6, 6.07) is 7.91. The number of nitrogens with zero attached hydrogens (tertiary/aromatic N) is 2. The fourth-order valence-electron chi connectivity index (χ4n) is 4.57. The number of sulfonamides is 1. The summed E-state index contributed by atoms with van der Waals surface area (Å²) in [7, 11) is -4.28. The van der Waals surface area contributed by atoms with E-state index in [-0.39, 0.29) is 24.0 Å². The Bertz CT molecular complexity index is 1300. The number of benzene rings is 2. The topological polar surface area (TPSA) is 86.8 Å². The van der Waals surface area contributed by atoms with Gasteiger partial charge in [0.25, 0.3) is 0 Å². The molecule has 1 aliphatic carbocycles. The summed E-state index contributed by atoms with van der Waals surface area (Å²) in [5, 5.41) is 3.02. The van der Waals surface area contributed by atoms with Crippen LogP contribution in [0.1, 0.15) is 50.2 Å². The van der Waals surface area contributed by atoms with Crippen LogP contribution in [0.4, 0.5) is 18.9 Å². The van der Waals surface area contributed by atoms with Crippen LogP contribution in [0.5, 0.6) is 0 Å². The second-order valence-corrected chi connectivity index (χ2v) is 12.2. The molecule has 0 heterocycles. The maximum atomic E-state index is 13.8. The average Bonchev–Trinajstić information content (AvgIpc) is 3.35. The Hall–Kier alpha value is -2.50. The summed E-state index contributed by atoms with van der Waals surface area (Å²) in [4.78, 5) is 28.3. The maximum Gasteiger partial charge on any atom is 0.416 e. The van der Waals surface area contributed by atoms with Crippen molar-refractivity contribution in [3.8, 4) is 0 Å². The second-order valence-electron chi connectivity index (χ2n) is 9.46. The molecule has 13 heteroatoms. The molecule has 1 saturated carbocycles. The molecule has 1 unspecified atom stereocenters. The van der Waals surface area contributed by atoms with Gasteiger partial charge in [-0.3, -0.25) is 13.9 Å². The van der Waals surface area contributed by atoms with Gasteiger partial charge < -0.3 is 10.2 Å². The van der Waals surface area contributed by atoms with Crippen molar-refractivity contribution < 1.29 is 31.2 Å². The molecule has 0 radical (unpaired) electrons. The van der Waals surface area contributed by atoms with E-state index in [1.807, 2.05) is 0 Å². The fraction of sp³-hybridized carbons (Fsp3) is 0.462. The SMILES string of the molecule is CCC(C(=O)NC1CCCC1)N(Cc1ccccc1Cl)C(=O)CN(c1cc(C(F)(F)F)ccc1Cl)S(C)(=O)=O. The first-order valence-electron chi connectivity index (χ1n) is 12.4. The predicted molar refractivity (Wildman–Crippen MR) is 145 cm³/mol. The van der Waals surface area contributed by atoms with Crippen molar-refractivity contribution in [3.63, 3.8) is 0 Å². The van der Waals surface area contributed by atoms with E-state index in [0.29, 0.717) is 21.0 Å². The van der Waals surface area contributed by atoms with E-state index in [2.05, 4.69) is 5.32 Å². The number of halogens is 5. The average molecular weight is 609 g/mol. The van der Waals surface area contributed by atoms with Crippen LogP contribution in [0.2, 0.25) is 10.0 Å². The lowest BCUT2D eigenvalue weighted by molar-refractivity contribution is -0.140. The van der Waals surface area contributed by atoms with Crippen LogP contribution in [-0.2, 0) is 32.3 Å². The Morgan fingerprint density at radius 1 is 1.08 bits per heavy atom. The van der Waals surface area contributed by atoms with Crippen LogP contribution in [0.3, 0.4) is 0 Å². The number of nitrogens with one attached hydrogen (secondary N) is 1. The van der Waals surface area contributed by atoms with Crippen LogP contribution in [0.15, 0.2) is 42.5 Å². The number of carbonyl (C=O) groups excluding carboxylic acids is 2. The molecule has 0 saturated heterocycles. The van der Waals surface area contributed by atoms with E-state index in [1.165, 1.54) is 4.90 Å². The normalized spacial score (nSPS) is 15.2. The number of carbonyl (C=O) groups is 2. The van der Waals surface area contributed by atoms with Gasteiger partial charge in [-0.2, -0.15) is 13.2 Å². The molecule has 0 aliphatic heterocycles. The number of alkyl halides is 3. The molecule has 2 aromatic carbocycles. The van der Waals surface area contributed by atoms with Crippen molar-refractivity contribution in [2.45, 2.75) is 63.8 Å². The Morgan fingerprint density at radius 3 is 2.28 bits per heavy atom. The minimum atomic E-state index is -4.77. The van der Waals surface area contributed by atoms with Gasteiger partial charge in [-0.05, 0) is 49.1 Å². The van der Waals surface area contributed by atoms with Crippen LogP contribution in [0.25, 0.3) is 0 Å². The van der Waals surface area contributed by atoms with E-state index < -0.39 is 51.9 Å². The molecule has 0 bridgehead atoms. The van der Waals surface area contributed by atoms with E-state index >= 15 is 0 Å². The number of anilines is 1. The van der Waals surface area contributed by atoms with Crippen LogP contribution in [-0.4, -0.2) is 50.0 Å². The lowest BCUT2D eigenvalue weighted by Gasteiger charge is -2.33. The zero-order valence-electron chi connectivity index (χ0n) is 21.5. The molecule has 1 atom stereocenters. The largest absolute Gasteiger partial charge is 0.416 e. The minimum absolute atomic E-state index is 0.0275. The Morgan fingerprint density at radius 2 is 1.72 bits per heavy atom. The molecule has 214 valence electrons. The summed E-state index contributed by atoms with van der Waals surface area (Å²) >= 11 is 12.4. The summed E-state index contributed by atoms with van der Waals surface area (Å²) in [5.74, 6) is -1.20. The number of hydrogen-bond donors (Lipinski definition) is 1. The van der Waals surface area contributed by atoms with Crippen molar-refractivity contribution in [1.29, 1.82) is 0 Å². The van der Waals surface area contributed by atoms with Crippen molar-refractivity contribution in [1.82, 2.24) is 10.2 Å². The standard InChI is InChI=1S/C26H30Cl2F3N3O4S/c1-3-22(25(36)32-19-9-5-6-10-19)33(15-17-8-4-7-11-20(17)27)24(35)16-34(39(2,37)38)23-14-18(26(29,30)31)12-13-21(23)28/h4,7-8,11-14,19,22H,3,5-6,9-10,15-16H2,1-2H3,(H,32,36). The summed E-state index contributed by atoms with van der Waals surface area (Å²) in [6.45, 7) is 0.713. The Labute approximate surface area is 236 Å². The molecule has 7 nitrogen and oxygen atoms in total. The van der Waals surface area contributed by atoms with E-state index in [4.69, 9.17) is 23.2 Å². The van der Waals surface area contributed by atoms with Gasteiger partial charge in [0.05, 0.1) is 22.5 Å². The quantitative estimate of drug-likeness (QED) is 0.378. The third-order valence-corrected chi connectivity index (χ3v) is 8.42. The van der Waals surface area contributed by atoms with Crippen molar-refractivity contribution in [3.05, 3.63) is 63.6 Å². The summed E-state index contributed by atoms with van der Waals surface area (Å²) < 4.78 is 66.2. The molecule has 2 aromatic rings. The monoisotopic (exact) mass is 607 g/mol. The van der Waals surface area contributed by atoms with Crippen LogP contribution >= 0.6 is 23.2 Å². The van der Waals surface area contributed by atoms with E-state index in [1.54, 1.807) is 31.2 Å². The number of hydrogen-bond acceptors (Lipinski definition) is 4. The highest BCUT2D eigenvalue weighted by atomic mass is 35.5. The first kappa shape index (κ1) is 31.0. The molecule has 3 rings (SSSR count). The van der Waals surface area contributed by atoms with E-state index in [9.17, 15) is 31.2 Å². The lowest BCUT2D eigenvalue weighted by Crippen LogP contribution is -2.53. The van der Waals surface area contributed by atoms with Crippen LogP contribution < -0.4 is 9.62 Å². The molecule has 2 amide bonds. The Kier molecular flexibility index (Phi) is 10.2. The van der Waals surface area contributed by atoms with Gasteiger partial charge >= 0.3 is 6.18 Å². The smallest absolute Gasteiger partial charge is 0.352 e. The molecular weight excluding hydrogens is 578 g/mol. The first-order chi connectivity index (χ1) is 18.2. The molecule has 0 aromatic heterocycles. The van der Waals surface area contributed by atoms with Gasteiger partial charge in [0, 0.05) is 17.6 Å². The highest BCUT2D eigenvalue weighted by molar-refractivity contribution is 7.92. The molecule has 0 spiro atoms. The van der Waals surface area contributed by atoms with Gasteiger partial charge in [0.15, 0.2) is 0 Å². The van der Waals surface area contributed by atoms with Crippen molar-refractivity contribution in [2.75, 3.05) is 17.1 Å². The third-order valence-electron chi connectivity index (χ3n) is 6.61. The van der Waals surface area contributed by atoms with Crippen molar-refractivity contribution >= 4 is 50.7 Å². The predicted octanol–water partition coefficient (Wildman–Crippen LogP) is 5.64. The number of amides is 2. The zero-order valence-corrected chi connectivity index (χ0v) is 23.8. The number of rotatable bonds is 10. The molecule has 39 heavy (non-hydrogen) atoms. The van der Waals surface area contributed by atoms with E-state index in [0.717, 1.165) is 44.1 Å². The highest BCUT2D eigenvalue weighted by Crippen LogP contribution is 2.36. The first-order valence-corrected chi connectivity index (χ1v) is 15.0. The van der Waals surface area contributed by atoms with Gasteiger partial charge in [-0.15, -0.1) is 0 Å². The Balaban J connectivity index is 2.00. The minimum Gasteiger partial charge on any atom is -0.352 e. The van der Waals surface area contributed by atoms with Gasteiger partial charge in [-0.25, -0.2) is 8.42 Å². The molecular formula is C26H30Cl2F3N3O4S. The van der Waals surface area contributed by atoms with Crippen molar-refractivity contribution in [2.24, 2.45) is 0 Å². The molecule has 1 fully saturated rings. The molecule has 1 N–H and O–H groups in total. The summed E-state index contributed by atoms with van der Waals surface area (Å²) in [5.41, 5.74) is -1.11. The van der Waals surface area contributed by atoms with Crippen LogP contribution in [0, 0.1) is 0 Å².